The lowest BCUT2D eigenvalue weighted by atomic mass is 9.93. The molecule has 3 heterocycles. The van der Waals surface area contributed by atoms with Gasteiger partial charge in [-0.05, 0) is 61.6 Å². The van der Waals surface area contributed by atoms with Crippen molar-refractivity contribution in [2.45, 2.75) is 56.5 Å². The first-order valence-electron chi connectivity index (χ1n) is 16.6. The number of aliphatic hydroxyl groups is 2. The third kappa shape index (κ3) is 8.38. The van der Waals surface area contributed by atoms with Gasteiger partial charge in [0.25, 0.3) is 5.92 Å². The predicted octanol–water partition coefficient (Wildman–Crippen LogP) is 5.72. The van der Waals surface area contributed by atoms with Gasteiger partial charge in [-0.1, -0.05) is 23.6 Å². The molecular weight excluding hydrogens is 795 g/mol. The number of aryl methyl sites for hydroxylation is 1. The van der Waals surface area contributed by atoms with Gasteiger partial charge in [0.1, 0.15) is 46.2 Å². The van der Waals surface area contributed by atoms with Gasteiger partial charge >= 0.3 is 6.18 Å². The van der Waals surface area contributed by atoms with E-state index in [4.69, 9.17) is 11.6 Å². The Balaban J connectivity index is 1.54. The van der Waals surface area contributed by atoms with Crippen molar-refractivity contribution in [3.8, 4) is 23.0 Å². The van der Waals surface area contributed by atoms with Crippen LogP contribution in [-0.4, -0.2) is 63.3 Å². The number of halogens is 8. The second-order valence-electron chi connectivity index (χ2n) is 13.3. The van der Waals surface area contributed by atoms with E-state index in [1.165, 1.54) is 36.1 Å². The Hall–Kier alpha value is -5.03. The molecule has 5 aromatic rings. The highest BCUT2D eigenvalue weighted by atomic mass is 35.5. The maximum atomic E-state index is 14.9. The van der Waals surface area contributed by atoms with Crippen molar-refractivity contribution >= 4 is 45.2 Å². The predicted molar refractivity (Wildman–Crippen MR) is 192 cm³/mol. The van der Waals surface area contributed by atoms with Crippen LogP contribution in [0.2, 0.25) is 5.02 Å². The first-order chi connectivity index (χ1) is 26.2. The fourth-order valence-electron chi connectivity index (χ4n) is 6.52. The van der Waals surface area contributed by atoms with E-state index in [1.807, 2.05) is 0 Å². The number of nitrogens with one attached hydrogen (secondary N) is 2. The topological polar surface area (TPSA) is 147 Å². The van der Waals surface area contributed by atoms with Crippen molar-refractivity contribution in [3.05, 3.63) is 93.0 Å². The Bertz CT molecular complexity index is 2440. The van der Waals surface area contributed by atoms with E-state index in [2.05, 4.69) is 37.1 Å². The van der Waals surface area contributed by atoms with Gasteiger partial charge in [0.15, 0.2) is 11.5 Å². The van der Waals surface area contributed by atoms with Crippen molar-refractivity contribution in [1.29, 1.82) is 0 Å². The van der Waals surface area contributed by atoms with E-state index in [-0.39, 0.29) is 33.4 Å². The van der Waals surface area contributed by atoms with Gasteiger partial charge in [0.05, 0.1) is 34.3 Å². The molecule has 6 rings (SSSR count). The lowest BCUT2D eigenvalue weighted by Crippen LogP contribution is -2.35. The molecule has 0 bridgehead atoms. The number of anilines is 1. The summed E-state index contributed by atoms with van der Waals surface area (Å²) in [4.78, 5) is 18.4. The van der Waals surface area contributed by atoms with Crippen LogP contribution in [0.25, 0.3) is 22.0 Å². The molecule has 3 unspecified atom stereocenters. The molecule has 0 spiro atoms. The van der Waals surface area contributed by atoms with Gasteiger partial charge in [0.2, 0.25) is 5.91 Å². The van der Waals surface area contributed by atoms with E-state index < -0.39 is 102 Å². The molecule has 4 N–H and O–H groups in total. The summed E-state index contributed by atoms with van der Waals surface area (Å²) >= 11 is 6.59. The van der Waals surface area contributed by atoms with Gasteiger partial charge in [-0.15, -0.1) is 0 Å². The van der Waals surface area contributed by atoms with Crippen LogP contribution in [-0.2, 0) is 54.3 Å². The highest BCUT2D eigenvalue weighted by molar-refractivity contribution is 7.85. The summed E-state index contributed by atoms with van der Waals surface area (Å²) in [7, 11) is -0.0110. The van der Waals surface area contributed by atoms with Crippen LogP contribution in [0.15, 0.2) is 42.5 Å². The molecular formula is C36H31ClF7N7O4S. The Morgan fingerprint density at radius 3 is 2.43 bits per heavy atom. The minimum absolute atomic E-state index is 0.00943. The molecule has 1 aliphatic rings. The molecule has 3 aromatic heterocycles. The van der Waals surface area contributed by atoms with Crippen LogP contribution in [0.3, 0.4) is 0 Å². The number of aromatic nitrogens is 5. The number of hydrogen-bond acceptors (Lipinski definition) is 7. The normalized spacial score (nSPS) is 15.8. The Morgan fingerprint density at radius 1 is 1.11 bits per heavy atom. The number of hydrogen-bond donors (Lipinski definition) is 4. The minimum Gasteiger partial charge on any atom is -0.392 e. The van der Waals surface area contributed by atoms with Crippen LogP contribution in [0.1, 0.15) is 53.3 Å². The molecule has 1 aliphatic carbocycles. The maximum Gasteiger partial charge on any atom is 0.435 e. The van der Waals surface area contributed by atoms with E-state index in [9.17, 15) is 49.9 Å². The van der Waals surface area contributed by atoms with Crippen molar-refractivity contribution in [1.82, 2.24) is 29.9 Å². The summed E-state index contributed by atoms with van der Waals surface area (Å²) in [5.41, 5.74) is -4.28. The first-order valence-corrected chi connectivity index (χ1v) is 18.5. The summed E-state index contributed by atoms with van der Waals surface area (Å²) in [5, 5.41) is 30.8. The third-order valence-corrected chi connectivity index (χ3v) is 9.63. The zero-order valence-corrected chi connectivity index (χ0v) is 31.1. The number of carbonyl (C=O) groups excluding carboxylic acids is 1. The fraction of sp³-hybridized carbons (Fsp3) is 0.333. The van der Waals surface area contributed by atoms with Crippen LogP contribution < -0.4 is 10.0 Å². The molecule has 20 heteroatoms. The van der Waals surface area contributed by atoms with E-state index in [1.54, 1.807) is 13.1 Å². The van der Waals surface area contributed by atoms with Gasteiger partial charge in [-0.3, -0.25) is 18.9 Å². The quantitative estimate of drug-likeness (QED) is 0.104. The molecule has 56 heavy (non-hydrogen) atoms. The van der Waals surface area contributed by atoms with Gasteiger partial charge in [-0.25, -0.2) is 18.0 Å². The number of rotatable bonds is 10. The minimum atomic E-state index is -5.09. The summed E-state index contributed by atoms with van der Waals surface area (Å²) in [6.07, 6.45) is -5.66. The lowest BCUT2D eigenvalue weighted by Gasteiger charge is -2.23. The smallest absolute Gasteiger partial charge is 0.392 e. The summed E-state index contributed by atoms with van der Waals surface area (Å²) in [6.45, 7) is -0.617. The third-order valence-electron chi connectivity index (χ3n) is 8.84. The van der Waals surface area contributed by atoms with Crippen LogP contribution >= 0.6 is 11.6 Å². The Kier molecular flexibility index (Phi) is 11.0. The van der Waals surface area contributed by atoms with Gasteiger partial charge in [0, 0.05) is 42.5 Å². The highest BCUT2D eigenvalue weighted by Crippen LogP contribution is 2.46. The standard InChI is InChI=1S/C36H31ClF7N7O4S/c1-34(54,17-52)10-8-21-4-5-22(23-6-7-25(37)28-30(23)50(2)48-33(28)49-56(3)55)29(45-21)26(14-18-12-19(38)15-20(39)13-18)46-27(53)16-51-32-24(9-11-35(32,40)41)31(47-51)36(42,43)44/h4-7,12-13,15,26,52,54H,9,11,14,16-17H2,1-3H3,(H,46,53)(H,48,49). The Labute approximate surface area is 321 Å². The molecule has 0 saturated carbocycles. The van der Waals surface area contributed by atoms with Crippen LogP contribution in [0.4, 0.5) is 36.6 Å². The molecule has 3 atom stereocenters. The van der Waals surface area contributed by atoms with E-state index in [0.29, 0.717) is 27.2 Å². The fourth-order valence-corrected chi connectivity index (χ4v) is 7.18. The molecule has 0 aliphatic heterocycles. The number of pyridine rings is 1. The number of nitrogens with zero attached hydrogens (tertiary/aromatic N) is 5. The number of amides is 1. The summed E-state index contributed by atoms with van der Waals surface area (Å²) in [5.74, 6) is -1.52. The lowest BCUT2D eigenvalue weighted by molar-refractivity contribution is -0.142. The monoisotopic (exact) mass is 825 g/mol. The molecule has 0 saturated heterocycles. The number of aliphatic hydroxyl groups excluding tert-OH is 1. The summed E-state index contributed by atoms with van der Waals surface area (Å²) < 4.78 is 117. The van der Waals surface area contributed by atoms with E-state index in [0.717, 1.165) is 12.1 Å². The largest absolute Gasteiger partial charge is 0.435 e. The second-order valence-corrected chi connectivity index (χ2v) is 14.8. The zero-order chi connectivity index (χ0) is 40.9. The zero-order valence-electron chi connectivity index (χ0n) is 29.5. The molecule has 11 nitrogen and oxygen atoms in total. The first kappa shape index (κ1) is 40.6. The average molecular weight is 826 g/mol. The number of alkyl halides is 5. The molecule has 2 aromatic carbocycles. The average Bonchev–Trinajstić information content (AvgIpc) is 3.74. The Morgan fingerprint density at radius 2 is 1.79 bits per heavy atom. The molecule has 1 amide bonds. The molecule has 0 radical (unpaired) electrons. The van der Waals surface area contributed by atoms with Gasteiger partial charge < -0.3 is 15.5 Å². The number of fused-ring (bicyclic) bond motifs is 2. The van der Waals surface area contributed by atoms with Crippen molar-refractivity contribution in [3.63, 3.8) is 0 Å². The second kappa shape index (κ2) is 15.1. The van der Waals surface area contributed by atoms with Gasteiger partial charge in [-0.2, -0.15) is 32.1 Å². The number of benzene rings is 2. The molecule has 296 valence electrons. The van der Waals surface area contributed by atoms with Crippen molar-refractivity contribution < 1.29 is 49.9 Å². The maximum absolute atomic E-state index is 14.9. The summed E-state index contributed by atoms with van der Waals surface area (Å²) in [6, 6.07) is 7.21. The van der Waals surface area contributed by atoms with Crippen LogP contribution in [0, 0.1) is 23.5 Å². The SMILES string of the molecule is Cn1nc(NS(C)=O)c2c(Cl)ccc(-c3ccc(C#CC(C)(O)CO)nc3C(Cc3cc(F)cc(F)c3)NC(=O)Cn3nc(C(F)(F)F)c4c3C(F)(F)CC4)c21. The van der Waals surface area contributed by atoms with Crippen LogP contribution in [0.5, 0.6) is 0 Å². The van der Waals surface area contributed by atoms with Crippen molar-refractivity contribution in [2.24, 2.45) is 7.05 Å². The highest BCUT2D eigenvalue weighted by Gasteiger charge is 2.50. The van der Waals surface area contributed by atoms with E-state index >= 15 is 0 Å². The molecule has 0 fully saturated rings. The van der Waals surface area contributed by atoms with Crippen molar-refractivity contribution in [2.75, 3.05) is 17.6 Å². The number of carbonyl (C=O) groups is 1.